The highest BCUT2D eigenvalue weighted by molar-refractivity contribution is 4.97. The fourth-order valence-electron chi connectivity index (χ4n) is 2.58. The number of hydrogen-bond acceptors (Lipinski definition) is 4. The van der Waals surface area contributed by atoms with Gasteiger partial charge in [-0.15, -0.1) is 0 Å². The second kappa shape index (κ2) is 7.44. The molecule has 1 atom stereocenters. The van der Waals surface area contributed by atoms with Crippen molar-refractivity contribution in [1.82, 2.24) is 20.2 Å². The topological polar surface area (TPSA) is 41.1 Å². The zero-order valence-electron chi connectivity index (χ0n) is 11.3. The maximum Gasteiger partial charge on any atom is 0.115 e. The number of rotatable bonds is 6. The largest absolute Gasteiger partial charge is 0.313 e. The van der Waals surface area contributed by atoms with Crippen LogP contribution in [0.2, 0.25) is 0 Å². The lowest BCUT2D eigenvalue weighted by molar-refractivity contribution is 0.215. The van der Waals surface area contributed by atoms with Gasteiger partial charge >= 0.3 is 0 Å². The van der Waals surface area contributed by atoms with E-state index in [2.05, 4.69) is 27.1 Å². The predicted molar refractivity (Wildman–Crippen MR) is 73.2 cm³/mol. The molecule has 1 aliphatic rings. The molecule has 0 spiro atoms. The normalized spacial score (nSPS) is 20.2. The second-order valence-corrected chi connectivity index (χ2v) is 5.08. The van der Waals surface area contributed by atoms with E-state index in [1.54, 1.807) is 6.33 Å². The summed E-state index contributed by atoms with van der Waals surface area (Å²) in [5.74, 6) is 0. The average Bonchev–Trinajstić information content (AvgIpc) is 2.41. The standard InChI is InChI=1S/C14H24N4/c1-2-9-18(10-13-5-3-4-7-16-13)11-14-6-8-15-12-17-14/h6,8,12-13,16H,2-5,7,9-11H2,1H3. The lowest BCUT2D eigenvalue weighted by Crippen LogP contribution is -2.43. The first-order chi connectivity index (χ1) is 8.88. The summed E-state index contributed by atoms with van der Waals surface area (Å²) in [6.07, 6.45) is 8.66. The molecule has 0 saturated carbocycles. The molecule has 2 rings (SSSR count). The van der Waals surface area contributed by atoms with Gasteiger partial charge in [-0.05, 0) is 38.4 Å². The minimum atomic E-state index is 0.659. The number of hydrogen-bond donors (Lipinski definition) is 1. The first-order valence-corrected chi connectivity index (χ1v) is 7.09. The van der Waals surface area contributed by atoms with Gasteiger partial charge in [0, 0.05) is 25.3 Å². The van der Waals surface area contributed by atoms with Crippen LogP contribution in [0.5, 0.6) is 0 Å². The summed E-state index contributed by atoms with van der Waals surface area (Å²) >= 11 is 0. The van der Waals surface area contributed by atoms with E-state index in [0.717, 1.165) is 25.3 Å². The molecule has 1 fully saturated rings. The Morgan fingerprint density at radius 1 is 1.44 bits per heavy atom. The molecule has 0 radical (unpaired) electrons. The van der Waals surface area contributed by atoms with Crippen LogP contribution >= 0.6 is 0 Å². The molecule has 0 amide bonds. The summed E-state index contributed by atoms with van der Waals surface area (Å²) < 4.78 is 0. The van der Waals surface area contributed by atoms with Gasteiger partial charge in [-0.2, -0.15) is 0 Å². The monoisotopic (exact) mass is 248 g/mol. The van der Waals surface area contributed by atoms with Gasteiger partial charge in [0.2, 0.25) is 0 Å². The highest BCUT2D eigenvalue weighted by Crippen LogP contribution is 2.10. The Kier molecular flexibility index (Phi) is 5.55. The van der Waals surface area contributed by atoms with E-state index in [4.69, 9.17) is 0 Å². The van der Waals surface area contributed by atoms with E-state index in [0.29, 0.717) is 6.04 Å². The van der Waals surface area contributed by atoms with Gasteiger partial charge in [0.1, 0.15) is 6.33 Å². The number of piperidine rings is 1. The minimum Gasteiger partial charge on any atom is -0.313 e. The Morgan fingerprint density at radius 3 is 3.06 bits per heavy atom. The molecule has 0 aromatic carbocycles. The van der Waals surface area contributed by atoms with Crippen LogP contribution in [-0.4, -0.2) is 40.5 Å². The van der Waals surface area contributed by atoms with Crippen molar-refractivity contribution in [3.05, 3.63) is 24.3 Å². The third-order valence-electron chi connectivity index (χ3n) is 3.46. The molecule has 1 N–H and O–H groups in total. The smallest absolute Gasteiger partial charge is 0.115 e. The van der Waals surface area contributed by atoms with E-state index in [1.807, 2.05) is 12.3 Å². The molecule has 18 heavy (non-hydrogen) atoms. The Morgan fingerprint density at radius 2 is 2.39 bits per heavy atom. The summed E-state index contributed by atoms with van der Waals surface area (Å²) in [6, 6.07) is 2.67. The maximum absolute atomic E-state index is 4.32. The fraction of sp³-hybridized carbons (Fsp3) is 0.714. The Labute approximate surface area is 110 Å². The number of aromatic nitrogens is 2. The first-order valence-electron chi connectivity index (χ1n) is 7.09. The molecular formula is C14H24N4. The SMILES string of the molecule is CCCN(Cc1ccncn1)CC1CCCCN1. The summed E-state index contributed by atoms with van der Waals surface area (Å²) in [5, 5.41) is 3.62. The van der Waals surface area contributed by atoms with Crippen molar-refractivity contribution in [2.75, 3.05) is 19.6 Å². The molecule has 100 valence electrons. The van der Waals surface area contributed by atoms with E-state index in [-0.39, 0.29) is 0 Å². The van der Waals surface area contributed by atoms with Gasteiger partial charge in [-0.3, -0.25) is 4.90 Å². The minimum absolute atomic E-state index is 0.659. The lowest BCUT2D eigenvalue weighted by atomic mass is 10.0. The van der Waals surface area contributed by atoms with Crippen molar-refractivity contribution in [2.45, 2.75) is 45.2 Å². The molecule has 1 aromatic rings. The van der Waals surface area contributed by atoms with Gasteiger partial charge in [-0.1, -0.05) is 13.3 Å². The molecule has 4 heteroatoms. The van der Waals surface area contributed by atoms with Crippen LogP contribution < -0.4 is 5.32 Å². The average molecular weight is 248 g/mol. The quantitative estimate of drug-likeness (QED) is 0.834. The van der Waals surface area contributed by atoms with Crippen LogP contribution in [0.1, 0.15) is 38.3 Å². The summed E-state index contributed by atoms with van der Waals surface area (Å²) in [7, 11) is 0. The van der Waals surface area contributed by atoms with Crippen molar-refractivity contribution in [1.29, 1.82) is 0 Å². The molecule has 1 unspecified atom stereocenters. The van der Waals surface area contributed by atoms with Crippen LogP contribution in [0.4, 0.5) is 0 Å². The molecule has 4 nitrogen and oxygen atoms in total. The Hall–Kier alpha value is -1.00. The van der Waals surface area contributed by atoms with Gasteiger partial charge in [-0.25, -0.2) is 9.97 Å². The highest BCUT2D eigenvalue weighted by atomic mass is 15.2. The molecule has 0 bridgehead atoms. The number of nitrogens with zero attached hydrogens (tertiary/aromatic N) is 3. The van der Waals surface area contributed by atoms with E-state index >= 15 is 0 Å². The fourth-order valence-corrected chi connectivity index (χ4v) is 2.58. The zero-order valence-corrected chi connectivity index (χ0v) is 11.3. The van der Waals surface area contributed by atoms with Gasteiger partial charge in [0.25, 0.3) is 0 Å². The first kappa shape index (κ1) is 13.4. The maximum atomic E-state index is 4.32. The van der Waals surface area contributed by atoms with Gasteiger partial charge in [0.15, 0.2) is 0 Å². The van der Waals surface area contributed by atoms with Crippen LogP contribution in [0.3, 0.4) is 0 Å². The van der Waals surface area contributed by atoms with Crippen molar-refractivity contribution in [3.8, 4) is 0 Å². The molecule has 0 aliphatic carbocycles. The van der Waals surface area contributed by atoms with Crippen LogP contribution in [0.25, 0.3) is 0 Å². The third kappa shape index (κ3) is 4.35. The number of nitrogens with one attached hydrogen (secondary N) is 1. The molecule has 1 aromatic heterocycles. The summed E-state index contributed by atoms with van der Waals surface area (Å²) in [4.78, 5) is 10.8. The Bertz CT molecular complexity index is 322. The van der Waals surface area contributed by atoms with Crippen molar-refractivity contribution in [3.63, 3.8) is 0 Å². The van der Waals surface area contributed by atoms with Gasteiger partial charge < -0.3 is 5.32 Å². The van der Waals surface area contributed by atoms with Crippen LogP contribution in [0.15, 0.2) is 18.6 Å². The molecular weight excluding hydrogens is 224 g/mol. The highest BCUT2D eigenvalue weighted by Gasteiger charge is 2.16. The van der Waals surface area contributed by atoms with Crippen LogP contribution in [0, 0.1) is 0 Å². The van der Waals surface area contributed by atoms with E-state index in [9.17, 15) is 0 Å². The second-order valence-electron chi connectivity index (χ2n) is 5.08. The summed E-state index contributed by atoms with van der Waals surface area (Å²) in [5.41, 5.74) is 1.12. The third-order valence-corrected chi connectivity index (χ3v) is 3.46. The van der Waals surface area contributed by atoms with Crippen LogP contribution in [-0.2, 0) is 6.54 Å². The van der Waals surface area contributed by atoms with E-state index in [1.165, 1.54) is 32.2 Å². The molecule has 2 heterocycles. The van der Waals surface area contributed by atoms with Crippen molar-refractivity contribution in [2.24, 2.45) is 0 Å². The van der Waals surface area contributed by atoms with Crippen molar-refractivity contribution < 1.29 is 0 Å². The van der Waals surface area contributed by atoms with Gasteiger partial charge in [0.05, 0.1) is 5.69 Å². The molecule has 1 aliphatic heterocycles. The molecule has 1 saturated heterocycles. The summed E-state index contributed by atoms with van der Waals surface area (Å²) in [6.45, 7) is 6.63. The van der Waals surface area contributed by atoms with Crippen molar-refractivity contribution >= 4 is 0 Å². The zero-order chi connectivity index (χ0) is 12.6. The Balaban J connectivity index is 1.86. The predicted octanol–water partition coefficient (Wildman–Crippen LogP) is 1.83. The van der Waals surface area contributed by atoms with E-state index < -0.39 is 0 Å². The lowest BCUT2D eigenvalue weighted by Gasteiger charge is -2.30.